The second-order valence-electron chi connectivity index (χ2n) is 8.18. The van der Waals surface area contributed by atoms with Gasteiger partial charge in [0.1, 0.15) is 33.6 Å². The topological polar surface area (TPSA) is 159 Å². The molecule has 2 heterocycles. The van der Waals surface area contributed by atoms with Crippen LogP contribution in [0.1, 0.15) is 0 Å². The largest absolute Gasteiger partial charge is 0.494 e. The molecule has 0 aliphatic rings. The first-order valence-electron chi connectivity index (χ1n) is 11.1. The van der Waals surface area contributed by atoms with Crippen molar-refractivity contribution in [3.8, 4) is 28.3 Å². The monoisotopic (exact) mass is 553 g/mol. The summed E-state index contributed by atoms with van der Waals surface area (Å²) in [6, 6.07) is 8.93. The third-order valence-electron chi connectivity index (χ3n) is 5.68. The number of methoxy groups -OCH3 is 1. The van der Waals surface area contributed by atoms with Crippen molar-refractivity contribution in [3.05, 3.63) is 78.4 Å². The van der Waals surface area contributed by atoms with E-state index in [1.54, 1.807) is 0 Å². The molecule has 0 spiro atoms. The molecule has 0 saturated carbocycles. The van der Waals surface area contributed by atoms with E-state index in [4.69, 9.17) is 16.2 Å². The van der Waals surface area contributed by atoms with E-state index in [0.717, 1.165) is 18.2 Å². The van der Waals surface area contributed by atoms with Crippen LogP contribution in [0.15, 0.2) is 65.8 Å². The van der Waals surface area contributed by atoms with E-state index in [9.17, 15) is 17.2 Å². The molecule has 2 aromatic heterocycles. The van der Waals surface area contributed by atoms with Crippen molar-refractivity contribution in [1.29, 1.82) is 0 Å². The van der Waals surface area contributed by atoms with Crippen LogP contribution in [0, 0.1) is 17.5 Å². The van der Waals surface area contributed by atoms with Crippen molar-refractivity contribution >= 4 is 38.4 Å². The van der Waals surface area contributed by atoms with Crippen LogP contribution in [0.5, 0.6) is 5.75 Å². The number of nitrogens with zero attached hydrogens (tertiary/aromatic N) is 4. The van der Waals surface area contributed by atoms with Gasteiger partial charge in [0, 0.05) is 29.4 Å². The lowest BCUT2D eigenvalue weighted by Crippen LogP contribution is -2.16. The summed E-state index contributed by atoms with van der Waals surface area (Å²) in [4.78, 5) is 15.8. The van der Waals surface area contributed by atoms with Gasteiger partial charge in [-0.15, -0.1) is 0 Å². The molecule has 3 aromatic carbocycles. The smallest absolute Gasteiger partial charge is 0.264 e. The zero-order valence-corrected chi connectivity index (χ0v) is 20.8. The van der Waals surface area contributed by atoms with Gasteiger partial charge in [-0.25, -0.2) is 41.5 Å². The first-order chi connectivity index (χ1) is 18.6. The van der Waals surface area contributed by atoms with Gasteiger partial charge < -0.3 is 16.2 Å². The van der Waals surface area contributed by atoms with Gasteiger partial charge in [0.15, 0.2) is 11.6 Å². The highest BCUT2D eigenvalue weighted by atomic mass is 32.2. The number of halogens is 3. The maximum Gasteiger partial charge on any atom is 0.264 e. The van der Waals surface area contributed by atoms with E-state index in [1.807, 2.05) is 4.72 Å². The van der Waals surface area contributed by atoms with E-state index in [1.165, 1.54) is 43.8 Å². The van der Waals surface area contributed by atoms with Crippen molar-refractivity contribution < 1.29 is 26.3 Å². The highest BCUT2D eigenvalue weighted by Crippen LogP contribution is 2.37. The van der Waals surface area contributed by atoms with Crippen LogP contribution in [0.3, 0.4) is 0 Å². The molecule has 0 atom stereocenters. The number of hydrogen-bond donors (Lipinski definition) is 3. The molecule has 39 heavy (non-hydrogen) atoms. The third-order valence-corrected chi connectivity index (χ3v) is 7.08. The summed E-state index contributed by atoms with van der Waals surface area (Å²) in [6.45, 7) is 0. The molecule has 0 aliphatic carbocycles. The second-order valence-corrected chi connectivity index (χ2v) is 9.84. The van der Waals surface area contributed by atoms with Crippen LogP contribution >= 0.6 is 0 Å². The number of anilines is 3. The average molecular weight is 554 g/mol. The Morgan fingerprint density at radius 3 is 2.36 bits per heavy atom. The lowest BCUT2D eigenvalue weighted by molar-refractivity contribution is 0.419. The van der Waals surface area contributed by atoms with E-state index < -0.39 is 38.1 Å². The van der Waals surface area contributed by atoms with Gasteiger partial charge in [-0.3, -0.25) is 4.72 Å². The lowest BCUT2D eigenvalue weighted by Gasteiger charge is -2.14. The summed E-state index contributed by atoms with van der Waals surface area (Å²) in [6.07, 6.45) is 2.87. The van der Waals surface area contributed by atoms with Crippen molar-refractivity contribution in [2.45, 2.75) is 4.90 Å². The normalized spacial score (nSPS) is 11.5. The van der Waals surface area contributed by atoms with Gasteiger partial charge in [0.05, 0.1) is 18.4 Å². The maximum absolute atomic E-state index is 15.6. The fraction of sp³-hybridized carbons (Fsp3) is 0.0400. The molecule has 0 fully saturated rings. The molecular weight excluding hydrogens is 535 g/mol. The zero-order valence-electron chi connectivity index (χ0n) is 20.0. The first kappa shape index (κ1) is 25.7. The molecule has 0 radical (unpaired) electrons. The minimum Gasteiger partial charge on any atom is -0.494 e. The molecule has 0 aliphatic heterocycles. The zero-order chi connectivity index (χ0) is 27.9. The predicted molar refractivity (Wildman–Crippen MR) is 139 cm³/mol. The van der Waals surface area contributed by atoms with Gasteiger partial charge in [0.2, 0.25) is 5.95 Å². The summed E-state index contributed by atoms with van der Waals surface area (Å²) in [7, 11) is -3.19. The number of nitrogens with two attached hydrogens (primary N) is 2. The molecule has 10 nitrogen and oxygen atoms in total. The van der Waals surface area contributed by atoms with Crippen LogP contribution < -0.4 is 20.9 Å². The minimum absolute atomic E-state index is 0.0228. The Kier molecular flexibility index (Phi) is 6.39. The number of hydrogen-bond acceptors (Lipinski definition) is 9. The fourth-order valence-corrected chi connectivity index (χ4v) is 4.96. The SMILES string of the molecule is COc1cc(-c2cccc(NS(=O)(=O)c3ccc(F)cc3F)c2F)cc2c(N)nc(-c3cnc(N)nc3)nc12. The molecule has 198 valence electrons. The molecule has 5 N–H and O–H groups in total. The number of ether oxygens (including phenoxy) is 1. The molecule has 14 heteroatoms. The number of fused-ring (bicyclic) bond motifs is 1. The molecule has 0 amide bonds. The Balaban J connectivity index is 1.58. The summed E-state index contributed by atoms with van der Waals surface area (Å²) in [5, 5.41) is 0.336. The van der Waals surface area contributed by atoms with E-state index >= 15 is 4.39 Å². The number of nitrogen functional groups attached to an aromatic ring is 2. The molecule has 0 bridgehead atoms. The predicted octanol–water partition coefficient (Wildman–Crippen LogP) is 4.14. The van der Waals surface area contributed by atoms with Crippen LogP contribution in [-0.2, 0) is 10.0 Å². The molecule has 5 rings (SSSR count). The number of nitrogens with one attached hydrogen (secondary N) is 1. The van der Waals surface area contributed by atoms with Crippen molar-refractivity contribution in [2.24, 2.45) is 0 Å². The minimum atomic E-state index is -4.58. The van der Waals surface area contributed by atoms with Gasteiger partial charge >= 0.3 is 0 Å². The van der Waals surface area contributed by atoms with Crippen LogP contribution in [0.25, 0.3) is 33.4 Å². The van der Waals surface area contributed by atoms with Gasteiger partial charge in [-0.2, -0.15) is 0 Å². The Morgan fingerprint density at radius 1 is 0.923 bits per heavy atom. The first-order valence-corrected chi connectivity index (χ1v) is 12.6. The Morgan fingerprint density at radius 2 is 1.67 bits per heavy atom. The van der Waals surface area contributed by atoms with Crippen molar-refractivity contribution in [1.82, 2.24) is 19.9 Å². The quantitative estimate of drug-likeness (QED) is 0.281. The van der Waals surface area contributed by atoms with Gasteiger partial charge in [-0.1, -0.05) is 12.1 Å². The van der Waals surface area contributed by atoms with Crippen molar-refractivity contribution in [2.75, 3.05) is 23.3 Å². The van der Waals surface area contributed by atoms with E-state index in [-0.39, 0.29) is 34.5 Å². The summed E-state index contributed by atoms with van der Waals surface area (Å²) >= 11 is 0. The summed E-state index contributed by atoms with van der Waals surface area (Å²) < 4.78 is 75.9. The number of sulfonamides is 1. The van der Waals surface area contributed by atoms with E-state index in [2.05, 4.69) is 19.9 Å². The Bertz CT molecular complexity index is 1850. The number of benzene rings is 3. The molecule has 5 aromatic rings. The average Bonchev–Trinajstić information content (AvgIpc) is 2.89. The molecule has 0 saturated heterocycles. The van der Waals surface area contributed by atoms with E-state index in [0.29, 0.717) is 22.5 Å². The summed E-state index contributed by atoms with van der Waals surface area (Å²) in [5.41, 5.74) is 12.3. The van der Waals surface area contributed by atoms with Crippen LogP contribution in [-0.4, -0.2) is 35.5 Å². The molecular formula is C25H18F3N7O3S. The fourth-order valence-electron chi connectivity index (χ4n) is 3.84. The highest BCUT2D eigenvalue weighted by Gasteiger charge is 2.23. The van der Waals surface area contributed by atoms with Crippen molar-refractivity contribution in [3.63, 3.8) is 0 Å². The highest BCUT2D eigenvalue weighted by molar-refractivity contribution is 7.92. The maximum atomic E-state index is 15.6. The second kappa shape index (κ2) is 9.72. The Hall–Kier alpha value is -4.98. The lowest BCUT2D eigenvalue weighted by atomic mass is 10.0. The van der Waals surface area contributed by atoms with Gasteiger partial charge in [-0.05, 0) is 35.9 Å². The van der Waals surface area contributed by atoms with Gasteiger partial charge in [0.25, 0.3) is 10.0 Å². The standard InChI is InChI=1S/C25H18F3N7O3S/c1-38-19-8-12(7-16-22(19)33-24(34-23(16)29)13-10-31-25(30)32-11-13)15-3-2-4-18(21(15)28)35-39(36,37)20-6-5-14(26)9-17(20)27/h2-11,35H,1H3,(H2,29,33,34)(H2,30,31,32). The molecule has 0 unspecified atom stereocenters. The number of aromatic nitrogens is 4. The number of rotatable bonds is 6. The third kappa shape index (κ3) is 4.84. The Labute approximate surface area is 219 Å². The van der Waals surface area contributed by atoms with Crippen LogP contribution in [0.4, 0.5) is 30.6 Å². The summed E-state index contributed by atoms with van der Waals surface area (Å²) in [5.74, 6) is -2.67. The van der Waals surface area contributed by atoms with Crippen LogP contribution in [0.2, 0.25) is 0 Å².